The van der Waals surface area contributed by atoms with E-state index >= 15 is 0 Å². The third kappa shape index (κ3) is 5.09. The predicted molar refractivity (Wildman–Crippen MR) is 77.4 cm³/mol. The molecule has 0 spiro atoms. The van der Waals surface area contributed by atoms with Crippen LogP contribution in [-0.2, 0) is 4.79 Å². The first-order valence-electron chi connectivity index (χ1n) is 6.30. The topological polar surface area (TPSA) is 55.6 Å². The number of nitrogens with zero attached hydrogens (tertiary/aromatic N) is 1. The molecule has 0 heterocycles. The van der Waals surface area contributed by atoms with Crippen molar-refractivity contribution in [2.75, 3.05) is 20.2 Å². The highest BCUT2D eigenvalue weighted by atomic mass is 35.5. The number of amides is 1. The number of carbonyl (C=O) groups excluding carboxylic acids is 1. The van der Waals surface area contributed by atoms with Gasteiger partial charge in [0.2, 0.25) is 5.91 Å². The van der Waals surface area contributed by atoms with Gasteiger partial charge in [-0.1, -0.05) is 24.6 Å². The van der Waals surface area contributed by atoms with Crippen LogP contribution in [0, 0.1) is 5.92 Å². The van der Waals surface area contributed by atoms with Crippen molar-refractivity contribution in [3.8, 4) is 5.75 Å². The van der Waals surface area contributed by atoms with Gasteiger partial charge in [-0.15, -0.1) is 0 Å². The Kier molecular flexibility index (Phi) is 6.12. The molecule has 2 atom stereocenters. The van der Waals surface area contributed by atoms with Crippen LogP contribution in [0.1, 0.15) is 13.8 Å². The molecule has 0 saturated heterocycles. The molecule has 0 radical (unpaired) electrons. The molecule has 1 aromatic carbocycles. The maximum Gasteiger partial charge on any atom is 0.226 e. The van der Waals surface area contributed by atoms with Gasteiger partial charge in [0.1, 0.15) is 12.4 Å². The van der Waals surface area contributed by atoms with Gasteiger partial charge in [-0.05, 0) is 25.1 Å². The lowest BCUT2D eigenvalue weighted by Gasteiger charge is -2.23. The molecule has 2 N–H and O–H groups in total. The number of benzene rings is 1. The van der Waals surface area contributed by atoms with E-state index in [-0.39, 0.29) is 17.9 Å². The van der Waals surface area contributed by atoms with Gasteiger partial charge < -0.3 is 15.4 Å². The Labute approximate surface area is 119 Å². The van der Waals surface area contributed by atoms with Crippen molar-refractivity contribution in [2.45, 2.75) is 19.9 Å². The number of halogens is 1. The fraction of sp³-hybridized carbons (Fsp3) is 0.500. The molecule has 1 aromatic rings. The second-order valence-corrected chi connectivity index (χ2v) is 5.15. The second kappa shape index (κ2) is 7.36. The van der Waals surface area contributed by atoms with Crippen molar-refractivity contribution < 1.29 is 9.53 Å². The van der Waals surface area contributed by atoms with E-state index in [1.807, 2.05) is 26.0 Å². The maximum absolute atomic E-state index is 12.0. The number of hydrogen-bond donors (Lipinski definition) is 1. The van der Waals surface area contributed by atoms with Crippen LogP contribution in [0.3, 0.4) is 0 Å². The lowest BCUT2D eigenvalue weighted by atomic mass is 10.0. The Morgan fingerprint density at radius 1 is 1.47 bits per heavy atom. The lowest BCUT2D eigenvalue weighted by molar-refractivity contribution is -0.134. The molecule has 1 rings (SSSR count). The average molecular weight is 285 g/mol. The van der Waals surface area contributed by atoms with Crippen LogP contribution < -0.4 is 10.5 Å². The summed E-state index contributed by atoms with van der Waals surface area (Å²) in [4.78, 5) is 13.6. The van der Waals surface area contributed by atoms with Gasteiger partial charge in [-0.25, -0.2) is 0 Å². The van der Waals surface area contributed by atoms with Crippen molar-refractivity contribution in [3.63, 3.8) is 0 Å². The van der Waals surface area contributed by atoms with E-state index in [1.54, 1.807) is 24.1 Å². The van der Waals surface area contributed by atoms with Crippen LogP contribution in [0.15, 0.2) is 24.3 Å². The van der Waals surface area contributed by atoms with Gasteiger partial charge in [-0.2, -0.15) is 0 Å². The first-order valence-corrected chi connectivity index (χ1v) is 6.68. The Hall–Kier alpha value is -1.26. The van der Waals surface area contributed by atoms with Gasteiger partial charge in [-0.3, -0.25) is 4.79 Å². The molecule has 0 saturated carbocycles. The zero-order chi connectivity index (χ0) is 14.4. The lowest BCUT2D eigenvalue weighted by Crippen LogP contribution is -2.41. The Morgan fingerprint density at radius 2 is 2.16 bits per heavy atom. The normalized spacial score (nSPS) is 13.7. The maximum atomic E-state index is 12.0. The van der Waals surface area contributed by atoms with E-state index in [1.165, 1.54) is 0 Å². The summed E-state index contributed by atoms with van der Waals surface area (Å²) in [6.45, 7) is 4.61. The average Bonchev–Trinajstić information content (AvgIpc) is 2.36. The fourth-order valence-electron chi connectivity index (χ4n) is 1.54. The molecular formula is C14H21ClN2O2. The highest BCUT2D eigenvalue weighted by Crippen LogP contribution is 2.17. The highest BCUT2D eigenvalue weighted by molar-refractivity contribution is 6.30. The van der Waals surface area contributed by atoms with Crippen LogP contribution in [0.25, 0.3) is 0 Å². The van der Waals surface area contributed by atoms with Crippen molar-refractivity contribution in [1.82, 2.24) is 4.90 Å². The molecule has 0 aliphatic carbocycles. The monoisotopic (exact) mass is 284 g/mol. The highest BCUT2D eigenvalue weighted by Gasteiger charge is 2.20. The number of likely N-dealkylation sites (N-methyl/N-ethyl adjacent to an activating group) is 1. The van der Waals surface area contributed by atoms with Crippen LogP contribution in [0.2, 0.25) is 5.02 Å². The third-order valence-electron chi connectivity index (χ3n) is 3.05. The molecule has 0 aromatic heterocycles. The zero-order valence-electron chi connectivity index (χ0n) is 11.6. The first-order chi connectivity index (χ1) is 8.91. The van der Waals surface area contributed by atoms with Crippen molar-refractivity contribution >= 4 is 17.5 Å². The molecule has 5 heteroatoms. The van der Waals surface area contributed by atoms with Crippen molar-refractivity contribution in [3.05, 3.63) is 29.3 Å². The molecule has 106 valence electrons. The van der Waals surface area contributed by atoms with E-state index < -0.39 is 0 Å². The summed E-state index contributed by atoms with van der Waals surface area (Å²) < 4.78 is 5.54. The van der Waals surface area contributed by atoms with Gasteiger partial charge in [0, 0.05) is 18.1 Å². The molecule has 1 amide bonds. The van der Waals surface area contributed by atoms with E-state index in [0.717, 1.165) is 0 Å². The van der Waals surface area contributed by atoms with E-state index in [4.69, 9.17) is 22.1 Å². The van der Waals surface area contributed by atoms with Crippen LogP contribution in [-0.4, -0.2) is 37.0 Å². The van der Waals surface area contributed by atoms with E-state index in [0.29, 0.717) is 23.9 Å². The SMILES string of the molecule is CC(N)C(C)C(=O)N(C)CCOc1cccc(Cl)c1. The minimum Gasteiger partial charge on any atom is -0.492 e. The number of carbonyl (C=O) groups is 1. The van der Waals surface area contributed by atoms with Crippen molar-refractivity contribution in [1.29, 1.82) is 0 Å². The molecule has 0 fully saturated rings. The van der Waals surface area contributed by atoms with Crippen molar-refractivity contribution in [2.24, 2.45) is 11.7 Å². The number of ether oxygens (including phenoxy) is 1. The van der Waals surface area contributed by atoms with E-state index in [2.05, 4.69) is 0 Å². The fourth-order valence-corrected chi connectivity index (χ4v) is 1.72. The molecule has 2 unspecified atom stereocenters. The summed E-state index contributed by atoms with van der Waals surface area (Å²) in [5.74, 6) is 0.550. The Balaban J connectivity index is 2.38. The smallest absolute Gasteiger partial charge is 0.226 e. The quantitative estimate of drug-likeness (QED) is 0.871. The Bertz CT molecular complexity index is 424. The molecule has 0 aliphatic heterocycles. The van der Waals surface area contributed by atoms with Gasteiger partial charge in [0.25, 0.3) is 0 Å². The molecule has 4 nitrogen and oxygen atoms in total. The first kappa shape index (κ1) is 15.8. The summed E-state index contributed by atoms with van der Waals surface area (Å²) in [7, 11) is 1.75. The van der Waals surface area contributed by atoms with Gasteiger partial charge in [0.15, 0.2) is 0 Å². The minimum atomic E-state index is -0.184. The standard InChI is InChI=1S/C14H21ClN2O2/c1-10(11(2)16)14(18)17(3)7-8-19-13-6-4-5-12(15)9-13/h4-6,9-11H,7-8,16H2,1-3H3. The van der Waals surface area contributed by atoms with Gasteiger partial charge in [0.05, 0.1) is 12.5 Å². The van der Waals surface area contributed by atoms with Crippen LogP contribution >= 0.6 is 11.6 Å². The van der Waals surface area contributed by atoms with Crippen LogP contribution in [0.4, 0.5) is 0 Å². The summed E-state index contributed by atoms with van der Waals surface area (Å²) in [5, 5.41) is 0.632. The molecule has 0 bridgehead atoms. The summed E-state index contributed by atoms with van der Waals surface area (Å²) in [6, 6.07) is 7.04. The molecular weight excluding hydrogens is 264 g/mol. The molecule has 19 heavy (non-hydrogen) atoms. The minimum absolute atomic E-state index is 0.0321. The summed E-state index contributed by atoms with van der Waals surface area (Å²) in [6.07, 6.45) is 0. The number of hydrogen-bond acceptors (Lipinski definition) is 3. The summed E-state index contributed by atoms with van der Waals surface area (Å²) >= 11 is 5.85. The predicted octanol–water partition coefficient (Wildman–Crippen LogP) is 2.16. The zero-order valence-corrected chi connectivity index (χ0v) is 12.4. The Morgan fingerprint density at radius 3 is 2.74 bits per heavy atom. The van der Waals surface area contributed by atoms with Gasteiger partial charge >= 0.3 is 0 Å². The molecule has 0 aliphatic rings. The summed E-state index contributed by atoms with van der Waals surface area (Å²) in [5.41, 5.74) is 5.72. The second-order valence-electron chi connectivity index (χ2n) is 4.71. The largest absolute Gasteiger partial charge is 0.492 e. The van der Waals surface area contributed by atoms with E-state index in [9.17, 15) is 4.79 Å². The van der Waals surface area contributed by atoms with Crippen LogP contribution in [0.5, 0.6) is 5.75 Å². The third-order valence-corrected chi connectivity index (χ3v) is 3.28. The number of nitrogens with two attached hydrogens (primary N) is 1. The number of rotatable bonds is 6.